The Hall–Kier alpha value is -2.04. The first kappa shape index (κ1) is 13.4. The van der Waals surface area contributed by atoms with Crippen molar-refractivity contribution in [2.45, 2.75) is 18.9 Å². The number of amides is 2. The highest BCUT2D eigenvalue weighted by molar-refractivity contribution is 5.94. The monoisotopic (exact) mass is 262 g/mol. The Kier molecular flexibility index (Phi) is 4.39. The lowest BCUT2D eigenvalue weighted by Gasteiger charge is -2.32. The second-order valence-electron chi connectivity index (χ2n) is 4.57. The molecule has 1 aliphatic heterocycles. The van der Waals surface area contributed by atoms with E-state index in [1.54, 1.807) is 0 Å². The first-order valence-corrected chi connectivity index (χ1v) is 6.39. The summed E-state index contributed by atoms with van der Waals surface area (Å²) in [6.07, 6.45) is 1.11. The molecule has 1 N–H and O–H groups in total. The Morgan fingerprint density at radius 1 is 1.21 bits per heavy atom. The average Bonchev–Trinajstić information content (AvgIpc) is 2.48. The molecule has 0 aliphatic carbocycles. The maximum Gasteiger partial charge on any atom is 0.407 e. The summed E-state index contributed by atoms with van der Waals surface area (Å²) < 4.78 is 4.57. The van der Waals surface area contributed by atoms with Gasteiger partial charge in [-0.2, -0.15) is 0 Å². The molecular weight excluding hydrogens is 244 g/mol. The highest BCUT2D eigenvalue weighted by atomic mass is 16.5. The summed E-state index contributed by atoms with van der Waals surface area (Å²) in [7, 11) is 1.35. The fourth-order valence-electron chi connectivity index (χ4n) is 2.22. The minimum absolute atomic E-state index is 0.0529. The minimum Gasteiger partial charge on any atom is -0.453 e. The van der Waals surface area contributed by atoms with E-state index in [2.05, 4.69) is 10.1 Å². The summed E-state index contributed by atoms with van der Waals surface area (Å²) in [6.45, 7) is 1.31. The number of nitrogens with zero attached hydrogens (tertiary/aromatic N) is 1. The Balaban J connectivity index is 1.86. The van der Waals surface area contributed by atoms with Crippen molar-refractivity contribution in [2.24, 2.45) is 0 Å². The number of rotatable bonds is 2. The third-order valence-corrected chi connectivity index (χ3v) is 3.31. The van der Waals surface area contributed by atoms with Crippen LogP contribution >= 0.6 is 0 Å². The van der Waals surface area contributed by atoms with Crippen molar-refractivity contribution in [3.8, 4) is 0 Å². The van der Waals surface area contributed by atoms with Gasteiger partial charge in [-0.3, -0.25) is 4.79 Å². The number of piperidine rings is 1. The summed E-state index contributed by atoms with van der Waals surface area (Å²) in [5, 5.41) is 2.77. The lowest BCUT2D eigenvalue weighted by atomic mass is 10.0. The average molecular weight is 262 g/mol. The van der Waals surface area contributed by atoms with E-state index in [0.717, 1.165) is 12.8 Å². The molecule has 2 rings (SSSR count). The number of nitrogens with one attached hydrogen (secondary N) is 1. The Labute approximate surface area is 112 Å². The molecule has 0 atom stereocenters. The zero-order valence-corrected chi connectivity index (χ0v) is 11.0. The van der Waals surface area contributed by atoms with Crippen LogP contribution in [-0.2, 0) is 4.74 Å². The molecule has 19 heavy (non-hydrogen) atoms. The van der Waals surface area contributed by atoms with Crippen LogP contribution in [0.1, 0.15) is 23.2 Å². The predicted octanol–water partition coefficient (Wildman–Crippen LogP) is 1.65. The molecule has 0 unspecified atom stereocenters. The normalized spacial score (nSPS) is 15.9. The second-order valence-corrected chi connectivity index (χ2v) is 4.57. The fraction of sp³-hybridized carbons (Fsp3) is 0.429. The molecule has 0 radical (unpaired) electrons. The van der Waals surface area contributed by atoms with Crippen molar-refractivity contribution in [1.82, 2.24) is 10.2 Å². The number of alkyl carbamates (subject to hydrolysis) is 1. The molecule has 1 aliphatic rings. The quantitative estimate of drug-likeness (QED) is 0.881. The number of methoxy groups -OCH3 is 1. The van der Waals surface area contributed by atoms with Gasteiger partial charge in [0.2, 0.25) is 0 Å². The summed E-state index contributed by atoms with van der Waals surface area (Å²) in [5.41, 5.74) is 0.710. The van der Waals surface area contributed by atoms with Crippen molar-refractivity contribution in [3.63, 3.8) is 0 Å². The van der Waals surface area contributed by atoms with Crippen LogP contribution in [0.25, 0.3) is 0 Å². The first-order valence-electron chi connectivity index (χ1n) is 6.39. The van der Waals surface area contributed by atoms with Gasteiger partial charge in [0.25, 0.3) is 5.91 Å². The maximum atomic E-state index is 12.2. The van der Waals surface area contributed by atoms with Crippen LogP contribution in [0.3, 0.4) is 0 Å². The highest BCUT2D eigenvalue weighted by Gasteiger charge is 2.24. The zero-order chi connectivity index (χ0) is 13.7. The van der Waals surface area contributed by atoms with E-state index >= 15 is 0 Å². The molecule has 2 amide bonds. The largest absolute Gasteiger partial charge is 0.453 e. The Morgan fingerprint density at radius 2 is 1.84 bits per heavy atom. The van der Waals surface area contributed by atoms with Crippen LogP contribution in [-0.4, -0.2) is 43.1 Å². The van der Waals surface area contributed by atoms with E-state index in [1.165, 1.54) is 7.11 Å². The van der Waals surface area contributed by atoms with Crippen LogP contribution in [0.15, 0.2) is 30.3 Å². The molecule has 1 aromatic carbocycles. The summed E-state index contributed by atoms with van der Waals surface area (Å²) in [5.74, 6) is 0.0529. The topological polar surface area (TPSA) is 58.6 Å². The van der Waals surface area contributed by atoms with Gasteiger partial charge in [-0.15, -0.1) is 0 Å². The van der Waals surface area contributed by atoms with E-state index in [9.17, 15) is 9.59 Å². The van der Waals surface area contributed by atoms with Crippen molar-refractivity contribution in [2.75, 3.05) is 20.2 Å². The number of likely N-dealkylation sites (tertiary alicyclic amines) is 1. The maximum absolute atomic E-state index is 12.2. The van der Waals surface area contributed by atoms with E-state index in [4.69, 9.17) is 0 Å². The summed E-state index contributed by atoms with van der Waals surface area (Å²) >= 11 is 0. The van der Waals surface area contributed by atoms with Crippen molar-refractivity contribution in [1.29, 1.82) is 0 Å². The number of carbonyl (C=O) groups is 2. The summed E-state index contributed by atoms with van der Waals surface area (Å²) in [4.78, 5) is 25.1. The van der Waals surface area contributed by atoms with Crippen LogP contribution in [0.5, 0.6) is 0 Å². The molecule has 0 spiro atoms. The SMILES string of the molecule is COC(=O)NC1CCN(C(=O)c2ccccc2)CC1. The van der Waals surface area contributed by atoms with Gasteiger partial charge in [0, 0.05) is 24.7 Å². The highest BCUT2D eigenvalue weighted by Crippen LogP contribution is 2.14. The molecule has 5 heteroatoms. The number of hydrogen-bond acceptors (Lipinski definition) is 3. The number of ether oxygens (including phenoxy) is 1. The fourth-order valence-corrected chi connectivity index (χ4v) is 2.22. The van der Waals surface area contributed by atoms with Crippen LogP contribution in [0, 0.1) is 0 Å². The third-order valence-electron chi connectivity index (χ3n) is 3.31. The molecule has 102 valence electrons. The zero-order valence-electron chi connectivity index (χ0n) is 11.0. The second kappa shape index (κ2) is 6.22. The molecule has 1 aromatic rings. The molecule has 5 nitrogen and oxygen atoms in total. The van der Waals surface area contributed by atoms with Gasteiger partial charge in [-0.1, -0.05) is 18.2 Å². The number of hydrogen-bond donors (Lipinski definition) is 1. The van der Waals surface area contributed by atoms with Gasteiger partial charge in [0.15, 0.2) is 0 Å². The van der Waals surface area contributed by atoms with E-state index in [1.807, 2.05) is 35.2 Å². The molecule has 0 aromatic heterocycles. The Morgan fingerprint density at radius 3 is 2.42 bits per heavy atom. The summed E-state index contributed by atoms with van der Waals surface area (Å²) in [6, 6.07) is 9.34. The standard InChI is InChI=1S/C14H18N2O3/c1-19-14(18)15-12-7-9-16(10-8-12)13(17)11-5-3-2-4-6-11/h2-6,12H,7-10H2,1H3,(H,15,18). The smallest absolute Gasteiger partial charge is 0.407 e. The van der Waals surface area contributed by atoms with Crippen molar-refractivity contribution >= 4 is 12.0 Å². The minimum atomic E-state index is -0.409. The van der Waals surface area contributed by atoms with Crippen molar-refractivity contribution < 1.29 is 14.3 Å². The van der Waals surface area contributed by atoms with E-state index in [-0.39, 0.29) is 11.9 Å². The van der Waals surface area contributed by atoms with Gasteiger partial charge in [-0.05, 0) is 25.0 Å². The number of benzene rings is 1. The lowest BCUT2D eigenvalue weighted by Crippen LogP contribution is -2.46. The predicted molar refractivity (Wildman–Crippen MR) is 70.9 cm³/mol. The molecular formula is C14H18N2O3. The van der Waals surface area contributed by atoms with Gasteiger partial charge >= 0.3 is 6.09 Å². The van der Waals surface area contributed by atoms with Gasteiger partial charge in [0.05, 0.1) is 7.11 Å². The van der Waals surface area contributed by atoms with Gasteiger partial charge in [-0.25, -0.2) is 4.79 Å². The van der Waals surface area contributed by atoms with Gasteiger partial charge < -0.3 is 15.0 Å². The van der Waals surface area contributed by atoms with Crippen molar-refractivity contribution in [3.05, 3.63) is 35.9 Å². The number of carbonyl (C=O) groups excluding carboxylic acids is 2. The molecule has 0 saturated carbocycles. The third kappa shape index (κ3) is 3.47. The lowest BCUT2D eigenvalue weighted by molar-refractivity contribution is 0.0704. The molecule has 1 heterocycles. The van der Waals surface area contributed by atoms with E-state index < -0.39 is 6.09 Å². The van der Waals surface area contributed by atoms with Crippen LogP contribution < -0.4 is 5.32 Å². The van der Waals surface area contributed by atoms with E-state index in [0.29, 0.717) is 18.7 Å². The Bertz CT molecular complexity index is 439. The molecule has 0 bridgehead atoms. The first-order chi connectivity index (χ1) is 9.20. The van der Waals surface area contributed by atoms with Crippen LogP contribution in [0.2, 0.25) is 0 Å². The van der Waals surface area contributed by atoms with Gasteiger partial charge in [0.1, 0.15) is 0 Å². The molecule has 1 saturated heterocycles. The molecule has 1 fully saturated rings. The van der Waals surface area contributed by atoms with Crippen LogP contribution in [0.4, 0.5) is 4.79 Å².